The zero-order valence-electron chi connectivity index (χ0n) is 12.3. The van der Waals surface area contributed by atoms with Crippen molar-refractivity contribution in [3.05, 3.63) is 35.3 Å². The van der Waals surface area contributed by atoms with E-state index in [0.29, 0.717) is 25.2 Å². The van der Waals surface area contributed by atoms with Crippen molar-refractivity contribution in [3.8, 4) is 0 Å². The van der Waals surface area contributed by atoms with E-state index in [1.54, 1.807) is 4.90 Å². The lowest BCUT2D eigenvalue weighted by Crippen LogP contribution is -2.34. The number of aromatic nitrogens is 2. The summed E-state index contributed by atoms with van der Waals surface area (Å²) in [5, 5.41) is 9.08. The average Bonchev–Trinajstić information content (AvgIpc) is 2.81. The molecule has 0 saturated heterocycles. The van der Waals surface area contributed by atoms with Crippen LogP contribution in [0.25, 0.3) is 5.65 Å². The average molecular weight is 275 g/mol. The third-order valence-electron chi connectivity index (χ3n) is 3.41. The normalized spacial score (nSPS) is 11.0. The fraction of sp³-hybridized carbons (Fsp3) is 0.467. The maximum absolute atomic E-state index is 12.7. The van der Waals surface area contributed by atoms with Gasteiger partial charge in [0.1, 0.15) is 11.3 Å². The molecule has 0 unspecified atom stereocenters. The second kappa shape index (κ2) is 6.05. The first kappa shape index (κ1) is 14.5. The highest BCUT2D eigenvalue weighted by atomic mass is 16.3. The summed E-state index contributed by atoms with van der Waals surface area (Å²) in [6.07, 6.45) is 2.64. The van der Waals surface area contributed by atoms with Crippen molar-refractivity contribution in [1.29, 1.82) is 0 Å². The van der Waals surface area contributed by atoms with Gasteiger partial charge in [0.15, 0.2) is 0 Å². The van der Waals surface area contributed by atoms with E-state index in [2.05, 4.69) is 4.98 Å². The van der Waals surface area contributed by atoms with Gasteiger partial charge in [-0.05, 0) is 31.9 Å². The van der Waals surface area contributed by atoms with E-state index in [9.17, 15) is 4.79 Å². The molecule has 1 N–H and O–H groups in total. The number of nitrogens with zero attached hydrogens (tertiary/aromatic N) is 3. The maximum Gasteiger partial charge on any atom is 0.272 e. The molecule has 0 bridgehead atoms. The molecule has 0 fully saturated rings. The van der Waals surface area contributed by atoms with Gasteiger partial charge in [-0.3, -0.25) is 9.20 Å². The Morgan fingerprint density at radius 3 is 2.75 bits per heavy atom. The first-order valence-corrected chi connectivity index (χ1v) is 7.00. The molecule has 0 aliphatic carbocycles. The molecular formula is C15H21N3O2. The van der Waals surface area contributed by atoms with Gasteiger partial charge >= 0.3 is 0 Å². The van der Waals surface area contributed by atoms with Crippen LogP contribution < -0.4 is 0 Å². The largest absolute Gasteiger partial charge is 0.395 e. The third-order valence-corrected chi connectivity index (χ3v) is 3.41. The minimum Gasteiger partial charge on any atom is -0.395 e. The topological polar surface area (TPSA) is 57.8 Å². The number of imidazole rings is 1. The van der Waals surface area contributed by atoms with Crippen LogP contribution in [0.3, 0.4) is 0 Å². The molecule has 2 rings (SSSR count). The van der Waals surface area contributed by atoms with Crippen molar-refractivity contribution in [1.82, 2.24) is 14.3 Å². The highest BCUT2D eigenvalue weighted by Gasteiger charge is 2.22. The highest BCUT2D eigenvalue weighted by molar-refractivity contribution is 5.94. The number of aliphatic hydroxyl groups excluding tert-OH is 1. The second-order valence-corrected chi connectivity index (χ2v) is 4.80. The lowest BCUT2D eigenvalue weighted by Gasteiger charge is -2.20. The molecule has 1 amide bonds. The smallest absolute Gasteiger partial charge is 0.272 e. The van der Waals surface area contributed by atoms with Crippen LogP contribution in [-0.4, -0.2) is 45.0 Å². The van der Waals surface area contributed by atoms with E-state index in [-0.39, 0.29) is 12.5 Å². The Bertz CT molecular complexity index is 619. The van der Waals surface area contributed by atoms with Gasteiger partial charge < -0.3 is 10.0 Å². The van der Waals surface area contributed by atoms with Gasteiger partial charge in [-0.1, -0.05) is 13.0 Å². The predicted octanol–water partition coefficient (Wildman–Crippen LogP) is 1.66. The molecule has 5 heteroatoms. The van der Waals surface area contributed by atoms with Gasteiger partial charge in [0.2, 0.25) is 0 Å². The molecular weight excluding hydrogens is 254 g/mol. The monoisotopic (exact) mass is 275 g/mol. The Kier molecular flexibility index (Phi) is 4.39. The Morgan fingerprint density at radius 2 is 2.15 bits per heavy atom. The van der Waals surface area contributed by atoms with Crippen molar-refractivity contribution in [3.63, 3.8) is 0 Å². The maximum atomic E-state index is 12.7. The summed E-state index contributed by atoms with van der Waals surface area (Å²) in [6, 6.07) is 3.91. The molecule has 0 aliphatic heterocycles. The Hall–Kier alpha value is -1.88. The molecule has 2 aromatic rings. The first-order chi connectivity index (χ1) is 9.62. The van der Waals surface area contributed by atoms with Crippen molar-refractivity contribution >= 4 is 11.6 Å². The second-order valence-electron chi connectivity index (χ2n) is 4.80. The van der Waals surface area contributed by atoms with Crippen LogP contribution in [0.15, 0.2) is 18.3 Å². The molecule has 0 spiro atoms. The molecule has 0 aromatic carbocycles. The number of fused-ring (bicyclic) bond motifs is 1. The summed E-state index contributed by atoms with van der Waals surface area (Å²) in [4.78, 5) is 18.9. The Morgan fingerprint density at radius 1 is 1.40 bits per heavy atom. The number of aryl methyl sites for hydroxylation is 2. The molecule has 20 heavy (non-hydrogen) atoms. The van der Waals surface area contributed by atoms with Crippen LogP contribution in [0.2, 0.25) is 0 Å². The molecule has 5 nitrogen and oxygen atoms in total. The van der Waals surface area contributed by atoms with E-state index in [4.69, 9.17) is 5.11 Å². The number of rotatable bonds is 5. The zero-order valence-corrected chi connectivity index (χ0v) is 12.3. The van der Waals surface area contributed by atoms with Gasteiger partial charge in [-0.25, -0.2) is 4.98 Å². The van der Waals surface area contributed by atoms with Gasteiger partial charge in [-0.2, -0.15) is 0 Å². The minimum absolute atomic E-state index is 0.0309. The number of amides is 1. The van der Waals surface area contributed by atoms with Crippen LogP contribution in [0, 0.1) is 6.92 Å². The van der Waals surface area contributed by atoms with Crippen molar-refractivity contribution < 1.29 is 9.90 Å². The van der Waals surface area contributed by atoms with Gasteiger partial charge in [0, 0.05) is 19.3 Å². The summed E-state index contributed by atoms with van der Waals surface area (Å²) < 4.78 is 1.86. The summed E-state index contributed by atoms with van der Waals surface area (Å²) in [5.74, 6) is -0.0727. The highest BCUT2D eigenvalue weighted by Crippen LogP contribution is 2.17. The number of carbonyl (C=O) groups excluding carboxylic acids is 1. The third kappa shape index (κ3) is 2.54. The molecule has 0 aliphatic rings. The lowest BCUT2D eigenvalue weighted by atomic mass is 10.2. The van der Waals surface area contributed by atoms with Crippen LogP contribution >= 0.6 is 0 Å². The van der Waals surface area contributed by atoms with Crippen LogP contribution in [0.5, 0.6) is 0 Å². The van der Waals surface area contributed by atoms with Crippen molar-refractivity contribution in [2.75, 3.05) is 19.7 Å². The summed E-state index contributed by atoms with van der Waals surface area (Å²) in [6.45, 7) is 6.78. The van der Waals surface area contributed by atoms with Crippen LogP contribution in [0.1, 0.15) is 35.6 Å². The lowest BCUT2D eigenvalue weighted by molar-refractivity contribution is 0.0724. The minimum atomic E-state index is -0.0727. The Balaban J connectivity index is 2.55. The van der Waals surface area contributed by atoms with Crippen molar-refractivity contribution in [2.45, 2.75) is 27.2 Å². The number of carbonyl (C=O) groups is 1. The van der Waals surface area contributed by atoms with E-state index in [1.807, 2.05) is 43.5 Å². The van der Waals surface area contributed by atoms with Crippen molar-refractivity contribution in [2.24, 2.45) is 0 Å². The Labute approximate surface area is 118 Å². The molecule has 2 heterocycles. The van der Waals surface area contributed by atoms with Gasteiger partial charge in [-0.15, -0.1) is 0 Å². The van der Waals surface area contributed by atoms with E-state index < -0.39 is 0 Å². The number of aliphatic hydroxyl groups is 1. The summed E-state index contributed by atoms with van der Waals surface area (Å²) in [5.41, 5.74) is 3.28. The quantitative estimate of drug-likeness (QED) is 0.903. The molecule has 0 saturated carbocycles. The summed E-state index contributed by atoms with van der Waals surface area (Å²) in [7, 11) is 0. The number of pyridine rings is 1. The fourth-order valence-electron chi connectivity index (χ4n) is 2.35. The fourth-order valence-corrected chi connectivity index (χ4v) is 2.35. The molecule has 0 atom stereocenters. The van der Waals surface area contributed by atoms with Crippen LogP contribution in [0.4, 0.5) is 0 Å². The number of likely N-dealkylation sites (N-methyl/N-ethyl adjacent to an activating group) is 1. The molecule has 108 valence electrons. The standard InChI is InChI=1S/C15H21N3O2/c1-4-12-14(15(20)17(5-2)8-9-19)18-10-11(3)6-7-13(18)16-12/h6-7,10,19H,4-5,8-9H2,1-3H3. The van der Waals surface area contributed by atoms with Gasteiger partial charge in [0.05, 0.1) is 12.3 Å². The molecule has 2 aromatic heterocycles. The van der Waals surface area contributed by atoms with Crippen LogP contribution in [-0.2, 0) is 6.42 Å². The predicted molar refractivity (Wildman–Crippen MR) is 78.0 cm³/mol. The number of hydrogen-bond donors (Lipinski definition) is 1. The van der Waals surface area contributed by atoms with Gasteiger partial charge in [0.25, 0.3) is 5.91 Å². The molecule has 0 radical (unpaired) electrons. The van der Waals surface area contributed by atoms with E-state index >= 15 is 0 Å². The number of hydrogen-bond acceptors (Lipinski definition) is 3. The zero-order chi connectivity index (χ0) is 14.7. The van der Waals surface area contributed by atoms with E-state index in [1.165, 1.54) is 0 Å². The summed E-state index contributed by atoms with van der Waals surface area (Å²) >= 11 is 0. The SMILES string of the molecule is CCc1nc2ccc(C)cn2c1C(=O)N(CC)CCO. The van der Waals surface area contributed by atoms with E-state index in [0.717, 1.165) is 16.9 Å². The first-order valence-electron chi connectivity index (χ1n) is 7.00.